The summed E-state index contributed by atoms with van der Waals surface area (Å²) in [5.74, 6) is -1.21. The Morgan fingerprint density at radius 2 is 1.00 bits per heavy atom. The van der Waals surface area contributed by atoms with Crippen molar-refractivity contribution in [1.29, 1.82) is 0 Å². The van der Waals surface area contributed by atoms with Crippen LogP contribution < -0.4 is 0 Å². The maximum atomic E-state index is 11.2. The van der Waals surface area contributed by atoms with Gasteiger partial charge in [-0.1, -0.05) is 0 Å². The molecule has 0 aliphatic heterocycles. The number of hydrogen-bond acceptors (Lipinski definition) is 5. The molecule has 0 fully saturated rings. The molecule has 0 aromatic carbocycles. The van der Waals surface area contributed by atoms with E-state index in [4.69, 9.17) is 0 Å². The lowest BCUT2D eigenvalue weighted by Gasteiger charge is -2.16. The second-order valence-corrected chi connectivity index (χ2v) is 5.31. The van der Waals surface area contributed by atoms with Gasteiger partial charge >= 0.3 is 11.9 Å². The van der Waals surface area contributed by atoms with Gasteiger partial charge in [0, 0.05) is 5.04 Å². The van der Waals surface area contributed by atoms with E-state index in [0.29, 0.717) is 0 Å². The first-order valence-corrected chi connectivity index (χ1v) is 4.65. The van der Waals surface area contributed by atoms with Crippen molar-refractivity contribution in [2.75, 3.05) is 0 Å². The molecule has 88 valence electrons. The molecular formula is C10H18O5. The Bertz CT molecular complexity index is 218. The summed E-state index contributed by atoms with van der Waals surface area (Å²) < 4.78 is 0. The van der Waals surface area contributed by atoms with Crippen molar-refractivity contribution in [2.24, 2.45) is 10.8 Å². The summed E-state index contributed by atoms with van der Waals surface area (Å²) in [6.45, 7) is 9.94. The fourth-order valence-electron chi connectivity index (χ4n) is 0.329. The molecule has 5 nitrogen and oxygen atoms in total. The van der Waals surface area contributed by atoms with Crippen LogP contribution in [0, 0.1) is 10.8 Å². The van der Waals surface area contributed by atoms with E-state index < -0.39 is 22.8 Å². The van der Waals surface area contributed by atoms with E-state index in [2.05, 4.69) is 14.8 Å². The van der Waals surface area contributed by atoms with Crippen LogP contribution in [-0.2, 0) is 24.4 Å². The highest BCUT2D eigenvalue weighted by atomic mass is 17.5. The largest absolute Gasteiger partial charge is 0.351 e. The SMILES string of the molecule is CC(C)(C)C(=O)OOOC(=O)C(C)(C)C. The van der Waals surface area contributed by atoms with Gasteiger partial charge in [-0.15, -0.1) is 0 Å². The molecule has 0 N–H and O–H groups in total. The number of rotatable bonds is 2. The lowest BCUT2D eigenvalue weighted by Crippen LogP contribution is -2.27. The first-order chi connectivity index (χ1) is 6.55. The zero-order valence-electron chi connectivity index (χ0n) is 10.0. The molecule has 0 radical (unpaired) electrons. The molecule has 0 aromatic rings. The predicted octanol–water partition coefficient (Wildman–Crippen LogP) is 2.01. The van der Waals surface area contributed by atoms with Crippen molar-refractivity contribution < 1.29 is 24.4 Å². The fourth-order valence-corrected chi connectivity index (χ4v) is 0.329. The van der Waals surface area contributed by atoms with Gasteiger partial charge in [0.25, 0.3) is 0 Å². The third kappa shape index (κ3) is 5.37. The maximum Gasteiger partial charge on any atom is 0.351 e. The van der Waals surface area contributed by atoms with Crippen LogP contribution in [0.15, 0.2) is 0 Å². The fraction of sp³-hybridized carbons (Fsp3) is 0.800. The summed E-state index contributed by atoms with van der Waals surface area (Å²) in [6.07, 6.45) is 0. The molecule has 15 heavy (non-hydrogen) atoms. The van der Waals surface area contributed by atoms with Crippen LogP contribution in [0.3, 0.4) is 0 Å². The summed E-state index contributed by atoms with van der Waals surface area (Å²) in [6, 6.07) is 0. The highest BCUT2D eigenvalue weighted by Gasteiger charge is 2.28. The lowest BCUT2D eigenvalue weighted by atomic mass is 9.98. The third-order valence-electron chi connectivity index (χ3n) is 1.44. The smallest absolute Gasteiger partial charge is 0.259 e. The molecule has 5 heteroatoms. The molecule has 0 aliphatic rings. The summed E-state index contributed by atoms with van der Waals surface area (Å²) in [5.41, 5.74) is -1.40. The Morgan fingerprint density at radius 3 is 1.20 bits per heavy atom. The monoisotopic (exact) mass is 218 g/mol. The highest BCUT2D eigenvalue weighted by Crippen LogP contribution is 2.17. The molecule has 0 saturated carbocycles. The average Bonchev–Trinajstić information content (AvgIpc) is 2.00. The quantitative estimate of drug-likeness (QED) is 0.524. The predicted molar refractivity (Wildman–Crippen MR) is 52.2 cm³/mol. The molecule has 0 rings (SSSR count). The Kier molecular flexibility index (Phi) is 4.27. The van der Waals surface area contributed by atoms with E-state index in [1.807, 2.05) is 0 Å². The van der Waals surface area contributed by atoms with Crippen LogP contribution in [0.1, 0.15) is 41.5 Å². The average molecular weight is 218 g/mol. The van der Waals surface area contributed by atoms with Crippen LogP contribution in [0.5, 0.6) is 0 Å². The van der Waals surface area contributed by atoms with Gasteiger partial charge in [0.05, 0.1) is 10.8 Å². The van der Waals surface area contributed by atoms with E-state index in [-0.39, 0.29) is 0 Å². The van der Waals surface area contributed by atoms with Gasteiger partial charge in [0.2, 0.25) is 0 Å². The van der Waals surface area contributed by atoms with Crippen LogP contribution in [0.4, 0.5) is 0 Å². The molecule has 0 aromatic heterocycles. The Hall–Kier alpha value is -1.10. The topological polar surface area (TPSA) is 61.8 Å². The van der Waals surface area contributed by atoms with E-state index in [1.54, 1.807) is 41.5 Å². The van der Waals surface area contributed by atoms with Crippen molar-refractivity contribution in [3.63, 3.8) is 0 Å². The van der Waals surface area contributed by atoms with Gasteiger partial charge in [-0.05, 0) is 41.5 Å². The van der Waals surface area contributed by atoms with Crippen molar-refractivity contribution in [1.82, 2.24) is 0 Å². The molecular weight excluding hydrogens is 200 g/mol. The first kappa shape index (κ1) is 13.9. The molecule has 0 heterocycles. The molecule has 0 unspecified atom stereocenters. The van der Waals surface area contributed by atoms with E-state index >= 15 is 0 Å². The van der Waals surface area contributed by atoms with E-state index in [0.717, 1.165) is 0 Å². The second-order valence-electron chi connectivity index (χ2n) is 5.31. The number of carbonyl (C=O) groups is 2. The summed E-state index contributed by atoms with van der Waals surface area (Å²) in [7, 11) is 0. The Labute approximate surface area is 89.5 Å². The zero-order valence-corrected chi connectivity index (χ0v) is 10.0. The number of hydrogen-bond donors (Lipinski definition) is 0. The second kappa shape index (κ2) is 4.61. The highest BCUT2D eigenvalue weighted by molar-refractivity contribution is 5.75. The minimum atomic E-state index is -0.700. The standard InChI is InChI=1S/C10H18O5/c1-9(2,3)7(11)13-15-14-8(12)10(4,5)6/h1-6H3. The molecule has 0 atom stereocenters. The van der Waals surface area contributed by atoms with Gasteiger partial charge in [0.1, 0.15) is 0 Å². The first-order valence-electron chi connectivity index (χ1n) is 4.65. The van der Waals surface area contributed by atoms with Gasteiger partial charge in [-0.3, -0.25) is 9.78 Å². The van der Waals surface area contributed by atoms with Crippen LogP contribution in [-0.4, -0.2) is 11.9 Å². The third-order valence-corrected chi connectivity index (χ3v) is 1.44. The van der Waals surface area contributed by atoms with Gasteiger partial charge < -0.3 is 0 Å². The summed E-state index contributed by atoms with van der Waals surface area (Å²) in [4.78, 5) is 30.9. The van der Waals surface area contributed by atoms with Crippen LogP contribution in [0.25, 0.3) is 0 Å². The molecule has 0 spiro atoms. The summed E-state index contributed by atoms with van der Waals surface area (Å²) in [5, 5.41) is 4.11. The zero-order chi connectivity index (χ0) is 12.3. The van der Waals surface area contributed by atoms with Crippen molar-refractivity contribution in [2.45, 2.75) is 41.5 Å². The van der Waals surface area contributed by atoms with Gasteiger partial charge in [0.15, 0.2) is 0 Å². The number of carbonyl (C=O) groups excluding carboxylic acids is 2. The van der Waals surface area contributed by atoms with E-state index in [9.17, 15) is 9.59 Å². The van der Waals surface area contributed by atoms with E-state index in [1.165, 1.54) is 0 Å². The normalized spacial score (nSPS) is 12.1. The maximum absolute atomic E-state index is 11.2. The summed E-state index contributed by atoms with van der Waals surface area (Å²) >= 11 is 0. The van der Waals surface area contributed by atoms with Crippen molar-refractivity contribution >= 4 is 11.9 Å². The molecule has 0 saturated heterocycles. The minimum Gasteiger partial charge on any atom is -0.259 e. The lowest BCUT2D eigenvalue weighted by molar-refractivity contribution is -0.464. The van der Waals surface area contributed by atoms with Gasteiger partial charge in [-0.2, -0.15) is 0 Å². The van der Waals surface area contributed by atoms with Crippen LogP contribution in [0.2, 0.25) is 0 Å². The van der Waals surface area contributed by atoms with Crippen LogP contribution >= 0.6 is 0 Å². The molecule has 0 aliphatic carbocycles. The molecule has 0 amide bonds. The molecule has 0 bridgehead atoms. The Morgan fingerprint density at radius 1 is 0.733 bits per heavy atom. The van der Waals surface area contributed by atoms with Crippen molar-refractivity contribution in [3.05, 3.63) is 0 Å². The Balaban J connectivity index is 3.92. The van der Waals surface area contributed by atoms with Gasteiger partial charge in [-0.25, -0.2) is 9.59 Å². The van der Waals surface area contributed by atoms with Crippen molar-refractivity contribution in [3.8, 4) is 0 Å². The minimum absolute atomic E-state index is 0.607.